The van der Waals surface area contributed by atoms with Gasteiger partial charge in [0.15, 0.2) is 0 Å². The maximum Gasteiger partial charge on any atom is 0.271 e. The lowest BCUT2D eigenvalue weighted by Gasteiger charge is -2.27. The maximum absolute atomic E-state index is 11.1. The molecule has 0 unspecified atom stereocenters. The van der Waals surface area contributed by atoms with Crippen molar-refractivity contribution in [1.82, 2.24) is 15.0 Å². The van der Waals surface area contributed by atoms with E-state index in [2.05, 4.69) is 30.8 Å². The predicted molar refractivity (Wildman–Crippen MR) is 130 cm³/mol. The van der Waals surface area contributed by atoms with Crippen LogP contribution in [0.3, 0.4) is 0 Å². The van der Waals surface area contributed by atoms with Crippen LogP contribution in [0.5, 0.6) is 11.5 Å². The van der Waals surface area contributed by atoms with Gasteiger partial charge in [-0.1, -0.05) is 6.07 Å². The van der Waals surface area contributed by atoms with Crippen LogP contribution in [-0.4, -0.2) is 66.6 Å². The SMILES string of the molecule is COc1ccc(/C=N/Nc2nc(Nc3cccc([N+](=O)[O-])c3)nc(N3CCOCC3)n2)c(OC)c1. The van der Waals surface area contributed by atoms with Gasteiger partial charge in [0.05, 0.1) is 38.6 Å². The Morgan fingerprint density at radius 1 is 1.09 bits per heavy atom. The van der Waals surface area contributed by atoms with Crippen LogP contribution in [0.2, 0.25) is 0 Å². The Labute approximate surface area is 200 Å². The van der Waals surface area contributed by atoms with Crippen molar-refractivity contribution in [3.63, 3.8) is 0 Å². The van der Waals surface area contributed by atoms with Crippen molar-refractivity contribution in [3.8, 4) is 11.5 Å². The summed E-state index contributed by atoms with van der Waals surface area (Å²) in [5.74, 6) is 2.08. The highest BCUT2D eigenvalue weighted by Crippen LogP contribution is 2.24. The first kappa shape index (κ1) is 23.6. The number of hydrogen-bond acceptors (Lipinski definition) is 12. The fraction of sp³-hybridized carbons (Fsp3) is 0.273. The molecule has 2 heterocycles. The van der Waals surface area contributed by atoms with E-state index in [0.29, 0.717) is 49.4 Å². The number of anilines is 4. The summed E-state index contributed by atoms with van der Waals surface area (Å²) in [6, 6.07) is 11.4. The number of hydrazone groups is 1. The van der Waals surface area contributed by atoms with Gasteiger partial charge in [0.1, 0.15) is 11.5 Å². The van der Waals surface area contributed by atoms with E-state index in [0.717, 1.165) is 5.56 Å². The minimum Gasteiger partial charge on any atom is -0.497 e. The Kier molecular flexibility index (Phi) is 7.47. The molecular weight excluding hydrogens is 456 g/mol. The van der Waals surface area contributed by atoms with E-state index in [1.807, 2.05) is 11.0 Å². The molecule has 1 aromatic heterocycles. The Bertz CT molecular complexity index is 1220. The van der Waals surface area contributed by atoms with Gasteiger partial charge in [-0.25, -0.2) is 5.43 Å². The van der Waals surface area contributed by atoms with E-state index < -0.39 is 4.92 Å². The molecule has 0 saturated carbocycles. The van der Waals surface area contributed by atoms with Gasteiger partial charge in [0.2, 0.25) is 17.8 Å². The molecule has 1 aliphatic heterocycles. The summed E-state index contributed by atoms with van der Waals surface area (Å²) < 4.78 is 16.0. The minimum absolute atomic E-state index is 0.0474. The summed E-state index contributed by atoms with van der Waals surface area (Å²) in [5, 5.41) is 18.4. The zero-order chi connectivity index (χ0) is 24.6. The first-order chi connectivity index (χ1) is 17.1. The Hall–Kier alpha value is -4.52. The zero-order valence-corrected chi connectivity index (χ0v) is 19.2. The first-order valence-electron chi connectivity index (χ1n) is 10.7. The topological polar surface area (TPSA) is 149 Å². The molecular formula is C22H24N8O5. The number of morpholine rings is 1. The number of benzene rings is 2. The van der Waals surface area contributed by atoms with Crippen molar-refractivity contribution >= 4 is 35.4 Å². The molecule has 0 radical (unpaired) electrons. The molecule has 0 atom stereocenters. The lowest BCUT2D eigenvalue weighted by atomic mass is 10.2. The van der Waals surface area contributed by atoms with Gasteiger partial charge in [0.25, 0.3) is 5.69 Å². The van der Waals surface area contributed by atoms with Crippen molar-refractivity contribution < 1.29 is 19.1 Å². The monoisotopic (exact) mass is 480 g/mol. The largest absolute Gasteiger partial charge is 0.497 e. The van der Waals surface area contributed by atoms with E-state index >= 15 is 0 Å². The fourth-order valence-electron chi connectivity index (χ4n) is 3.29. The number of nitro groups is 1. The van der Waals surface area contributed by atoms with Crippen molar-refractivity contribution in [1.29, 1.82) is 0 Å². The third-order valence-corrected chi connectivity index (χ3v) is 5.04. The van der Waals surface area contributed by atoms with Crippen molar-refractivity contribution in [2.24, 2.45) is 5.10 Å². The van der Waals surface area contributed by atoms with E-state index in [1.54, 1.807) is 44.7 Å². The first-order valence-corrected chi connectivity index (χ1v) is 10.7. The van der Waals surface area contributed by atoms with Gasteiger partial charge in [0, 0.05) is 42.5 Å². The number of hydrogen-bond donors (Lipinski definition) is 2. The molecule has 0 aliphatic carbocycles. The highest BCUT2D eigenvalue weighted by Gasteiger charge is 2.17. The number of aromatic nitrogens is 3. The van der Waals surface area contributed by atoms with E-state index in [1.165, 1.54) is 12.1 Å². The van der Waals surface area contributed by atoms with Gasteiger partial charge in [-0.3, -0.25) is 10.1 Å². The molecule has 2 N–H and O–H groups in total. The summed E-state index contributed by atoms with van der Waals surface area (Å²) in [6.45, 7) is 2.34. The minimum atomic E-state index is -0.465. The second-order valence-electron chi connectivity index (χ2n) is 7.29. The van der Waals surface area contributed by atoms with Gasteiger partial charge in [-0.15, -0.1) is 0 Å². The van der Waals surface area contributed by atoms with Crippen LogP contribution >= 0.6 is 0 Å². The van der Waals surface area contributed by atoms with Crippen molar-refractivity contribution in [2.75, 3.05) is 56.2 Å². The molecule has 1 aliphatic rings. The molecule has 1 fully saturated rings. The van der Waals surface area contributed by atoms with Crippen LogP contribution < -0.4 is 25.1 Å². The summed E-state index contributed by atoms with van der Waals surface area (Å²) in [5.41, 5.74) is 3.96. The highest BCUT2D eigenvalue weighted by molar-refractivity contribution is 5.84. The fourth-order valence-corrected chi connectivity index (χ4v) is 3.29. The Morgan fingerprint density at radius 3 is 2.63 bits per heavy atom. The molecule has 4 rings (SSSR count). The molecule has 0 spiro atoms. The van der Waals surface area contributed by atoms with Crippen LogP contribution in [0.4, 0.5) is 29.2 Å². The van der Waals surface area contributed by atoms with E-state index in [4.69, 9.17) is 14.2 Å². The Balaban J connectivity index is 1.59. The van der Waals surface area contributed by atoms with E-state index in [-0.39, 0.29) is 17.6 Å². The van der Waals surface area contributed by atoms with Gasteiger partial charge in [-0.2, -0.15) is 20.1 Å². The standard InChI is InChI=1S/C22H24N8O5/c1-33-18-7-6-15(19(13-18)34-2)14-23-28-21-25-20(24-16-4-3-5-17(12-16)30(31)32)26-22(27-21)29-8-10-35-11-9-29/h3-7,12-14H,8-11H2,1-2H3,(H2,24,25,26,27,28)/b23-14+. The van der Waals surface area contributed by atoms with Gasteiger partial charge in [-0.05, 0) is 18.2 Å². The summed E-state index contributed by atoms with van der Waals surface area (Å²) in [7, 11) is 3.14. The van der Waals surface area contributed by atoms with Crippen LogP contribution in [0.1, 0.15) is 5.56 Å². The molecule has 35 heavy (non-hydrogen) atoms. The molecule has 182 valence electrons. The predicted octanol–water partition coefficient (Wildman–Crippen LogP) is 2.82. The van der Waals surface area contributed by atoms with Crippen LogP contribution in [0.15, 0.2) is 47.6 Å². The number of rotatable bonds is 9. The molecule has 13 nitrogen and oxygen atoms in total. The second-order valence-corrected chi connectivity index (χ2v) is 7.29. The summed E-state index contributed by atoms with van der Waals surface area (Å²) in [4.78, 5) is 25.9. The molecule has 0 amide bonds. The molecule has 1 saturated heterocycles. The van der Waals surface area contributed by atoms with Crippen LogP contribution in [-0.2, 0) is 4.74 Å². The zero-order valence-electron chi connectivity index (χ0n) is 19.2. The quantitative estimate of drug-likeness (QED) is 0.264. The molecule has 3 aromatic rings. The smallest absolute Gasteiger partial charge is 0.271 e. The number of methoxy groups -OCH3 is 2. The number of non-ortho nitro benzene ring substituents is 1. The molecule has 13 heteroatoms. The van der Waals surface area contributed by atoms with Crippen LogP contribution in [0.25, 0.3) is 0 Å². The van der Waals surface area contributed by atoms with E-state index in [9.17, 15) is 10.1 Å². The third-order valence-electron chi connectivity index (χ3n) is 5.04. The third kappa shape index (κ3) is 6.09. The normalized spacial score (nSPS) is 13.5. The summed E-state index contributed by atoms with van der Waals surface area (Å²) >= 11 is 0. The van der Waals surface area contributed by atoms with Crippen LogP contribution in [0, 0.1) is 10.1 Å². The average molecular weight is 480 g/mol. The number of nitro benzene ring substituents is 1. The maximum atomic E-state index is 11.1. The van der Waals surface area contributed by atoms with Gasteiger partial charge >= 0.3 is 0 Å². The molecule has 0 bridgehead atoms. The number of nitrogens with zero attached hydrogens (tertiary/aromatic N) is 6. The van der Waals surface area contributed by atoms with Crippen molar-refractivity contribution in [2.45, 2.75) is 0 Å². The number of nitrogens with one attached hydrogen (secondary N) is 2. The number of ether oxygens (including phenoxy) is 3. The van der Waals surface area contributed by atoms with Crippen molar-refractivity contribution in [3.05, 3.63) is 58.1 Å². The lowest BCUT2D eigenvalue weighted by Crippen LogP contribution is -2.37. The summed E-state index contributed by atoms with van der Waals surface area (Å²) in [6.07, 6.45) is 1.57. The van der Waals surface area contributed by atoms with Gasteiger partial charge < -0.3 is 24.4 Å². The molecule has 2 aromatic carbocycles. The second kappa shape index (κ2) is 11.1. The highest BCUT2D eigenvalue weighted by atomic mass is 16.6. The Morgan fingerprint density at radius 2 is 1.89 bits per heavy atom. The average Bonchev–Trinajstić information content (AvgIpc) is 2.89. The lowest BCUT2D eigenvalue weighted by molar-refractivity contribution is -0.384.